The predicted octanol–water partition coefficient (Wildman–Crippen LogP) is 4.51. The molecule has 6 heteroatoms. The number of amides is 1. The number of piperidine rings is 1. The molecule has 0 aromatic rings. The number of carbonyl (C=O) groups excluding carboxylic acids is 2. The smallest absolute Gasteiger partial charge is 0.306 e. The molecule has 1 atom stereocenters. The van der Waals surface area contributed by atoms with Crippen LogP contribution >= 0.6 is 0 Å². The molecule has 1 aliphatic heterocycles. The normalized spacial score (nSPS) is 19.2. The van der Waals surface area contributed by atoms with Gasteiger partial charge in [-0.25, -0.2) is 0 Å². The van der Waals surface area contributed by atoms with E-state index in [0.29, 0.717) is 26.0 Å². The molecule has 0 saturated carbocycles. The molecule has 0 aromatic heterocycles. The standard InChI is InChI=1S/C20H39NO4Si/c1-16(2)25-19(23)13-8-9-14-21-17(11-10-12-18(21)22)15-24-26(6,7)20(3,4)5/h16-17H,8-15H2,1-7H3/t17-/m1/s1. The van der Waals surface area contributed by atoms with Crippen LogP contribution in [-0.2, 0) is 18.8 Å². The number of esters is 1. The van der Waals surface area contributed by atoms with E-state index in [1.807, 2.05) is 18.7 Å². The van der Waals surface area contributed by atoms with Crippen LogP contribution < -0.4 is 0 Å². The van der Waals surface area contributed by atoms with Gasteiger partial charge in [0, 0.05) is 19.4 Å². The Hall–Kier alpha value is -0.883. The number of unbranched alkanes of at least 4 members (excludes halogenated alkanes) is 1. The Bertz CT molecular complexity index is 471. The lowest BCUT2D eigenvalue weighted by molar-refractivity contribution is -0.147. The van der Waals surface area contributed by atoms with Gasteiger partial charge in [0.2, 0.25) is 5.91 Å². The van der Waals surface area contributed by atoms with E-state index in [1.54, 1.807) is 0 Å². The van der Waals surface area contributed by atoms with E-state index in [1.165, 1.54) is 0 Å². The molecule has 5 nitrogen and oxygen atoms in total. The van der Waals surface area contributed by atoms with Crippen LogP contribution in [-0.4, -0.2) is 50.4 Å². The summed E-state index contributed by atoms with van der Waals surface area (Å²) in [7, 11) is -1.81. The lowest BCUT2D eigenvalue weighted by atomic mass is 10.0. The SMILES string of the molecule is CC(C)OC(=O)CCCCN1C(=O)CCC[C@@H]1CO[Si](C)(C)C(C)(C)C. The Balaban J connectivity index is 2.49. The Morgan fingerprint density at radius 3 is 2.50 bits per heavy atom. The Morgan fingerprint density at radius 2 is 1.92 bits per heavy atom. The first-order chi connectivity index (χ1) is 11.9. The summed E-state index contributed by atoms with van der Waals surface area (Å²) in [5, 5.41) is 0.174. The van der Waals surface area contributed by atoms with Crippen LogP contribution in [0.15, 0.2) is 0 Å². The van der Waals surface area contributed by atoms with Crippen molar-refractivity contribution in [3.63, 3.8) is 0 Å². The van der Waals surface area contributed by atoms with E-state index in [4.69, 9.17) is 9.16 Å². The van der Waals surface area contributed by atoms with Gasteiger partial charge in [-0.3, -0.25) is 9.59 Å². The Labute approximate surface area is 160 Å². The summed E-state index contributed by atoms with van der Waals surface area (Å²) in [6.45, 7) is 16.3. The molecule has 0 bridgehead atoms. The van der Waals surface area contributed by atoms with Gasteiger partial charge in [0.05, 0.1) is 18.8 Å². The molecule has 1 aliphatic rings. The van der Waals surface area contributed by atoms with Crippen molar-refractivity contribution in [2.24, 2.45) is 0 Å². The summed E-state index contributed by atoms with van der Waals surface area (Å²) in [5.41, 5.74) is 0. The first-order valence-corrected chi connectivity index (χ1v) is 13.0. The zero-order chi connectivity index (χ0) is 20.0. The third kappa shape index (κ3) is 7.39. The topological polar surface area (TPSA) is 55.8 Å². The number of likely N-dealkylation sites (tertiary alicyclic amines) is 1. The molecule has 0 aliphatic carbocycles. The number of carbonyl (C=O) groups is 2. The van der Waals surface area contributed by atoms with Gasteiger partial charge >= 0.3 is 5.97 Å². The van der Waals surface area contributed by atoms with Crippen molar-refractivity contribution in [3.05, 3.63) is 0 Å². The maximum absolute atomic E-state index is 12.4. The molecular formula is C20H39NO4Si. The van der Waals surface area contributed by atoms with Crippen LogP contribution in [0.1, 0.15) is 73.1 Å². The van der Waals surface area contributed by atoms with Crippen molar-refractivity contribution >= 4 is 20.2 Å². The monoisotopic (exact) mass is 385 g/mol. The maximum Gasteiger partial charge on any atom is 0.306 e. The van der Waals surface area contributed by atoms with Gasteiger partial charge in [0.1, 0.15) is 0 Å². The molecule has 1 rings (SSSR count). The highest BCUT2D eigenvalue weighted by molar-refractivity contribution is 6.74. The highest BCUT2D eigenvalue weighted by Crippen LogP contribution is 2.37. The number of hydrogen-bond acceptors (Lipinski definition) is 4. The molecule has 1 saturated heterocycles. The lowest BCUT2D eigenvalue weighted by Crippen LogP contribution is -2.50. The second-order valence-electron chi connectivity index (χ2n) is 9.20. The minimum absolute atomic E-state index is 0.0666. The third-order valence-corrected chi connectivity index (χ3v) is 10.0. The lowest BCUT2D eigenvalue weighted by Gasteiger charge is -2.41. The van der Waals surface area contributed by atoms with E-state index in [-0.39, 0.29) is 29.1 Å². The summed E-state index contributed by atoms with van der Waals surface area (Å²) in [6, 6.07) is 0.174. The molecule has 0 radical (unpaired) electrons. The van der Waals surface area contributed by atoms with Crippen LogP contribution in [0.4, 0.5) is 0 Å². The minimum atomic E-state index is -1.81. The number of ether oxygens (including phenoxy) is 1. The van der Waals surface area contributed by atoms with E-state index in [9.17, 15) is 9.59 Å². The van der Waals surface area contributed by atoms with E-state index in [0.717, 1.165) is 25.7 Å². The highest BCUT2D eigenvalue weighted by Gasteiger charge is 2.38. The summed E-state index contributed by atoms with van der Waals surface area (Å²) in [5.74, 6) is 0.0765. The average molecular weight is 386 g/mol. The number of rotatable bonds is 9. The fourth-order valence-electron chi connectivity index (χ4n) is 2.87. The fraction of sp³-hybridized carbons (Fsp3) is 0.900. The van der Waals surface area contributed by atoms with Crippen molar-refractivity contribution < 1.29 is 18.8 Å². The molecule has 152 valence electrons. The van der Waals surface area contributed by atoms with Crippen molar-refractivity contribution in [2.75, 3.05) is 13.2 Å². The predicted molar refractivity (Wildman–Crippen MR) is 108 cm³/mol. The van der Waals surface area contributed by atoms with Crippen molar-refractivity contribution in [1.82, 2.24) is 4.90 Å². The zero-order valence-electron chi connectivity index (χ0n) is 17.9. The van der Waals surface area contributed by atoms with Gasteiger partial charge < -0.3 is 14.1 Å². The van der Waals surface area contributed by atoms with E-state index < -0.39 is 8.32 Å². The van der Waals surface area contributed by atoms with Crippen LogP contribution in [0.3, 0.4) is 0 Å². The summed E-state index contributed by atoms with van der Waals surface area (Å²) in [6.07, 6.45) is 4.53. The minimum Gasteiger partial charge on any atom is -0.463 e. The van der Waals surface area contributed by atoms with Gasteiger partial charge in [-0.1, -0.05) is 20.8 Å². The molecule has 0 unspecified atom stereocenters. The second-order valence-corrected chi connectivity index (χ2v) is 14.0. The molecule has 1 amide bonds. The van der Waals surface area contributed by atoms with Gasteiger partial charge in [-0.15, -0.1) is 0 Å². The average Bonchev–Trinajstić information content (AvgIpc) is 2.49. The Morgan fingerprint density at radius 1 is 1.27 bits per heavy atom. The molecule has 1 fully saturated rings. The summed E-state index contributed by atoms with van der Waals surface area (Å²) >= 11 is 0. The quantitative estimate of drug-likeness (QED) is 0.333. The molecule has 0 spiro atoms. The van der Waals surface area contributed by atoms with Gasteiger partial charge in [-0.2, -0.15) is 0 Å². The molecule has 26 heavy (non-hydrogen) atoms. The van der Waals surface area contributed by atoms with Crippen molar-refractivity contribution in [1.29, 1.82) is 0 Å². The van der Waals surface area contributed by atoms with E-state index in [2.05, 4.69) is 33.9 Å². The second kappa shape index (κ2) is 9.88. The third-order valence-electron chi connectivity index (χ3n) is 5.53. The summed E-state index contributed by atoms with van der Waals surface area (Å²) < 4.78 is 11.5. The fourth-order valence-corrected chi connectivity index (χ4v) is 3.91. The number of hydrogen-bond donors (Lipinski definition) is 0. The van der Waals surface area contributed by atoms with Crippen molar-refractivity contribution in [3.8, 4) is 0 Å². The van der Waals surface area contributed by atoms with Crippen LogP contribution in [0.5, 0.6) is 0 Å². The van der Waals surface area contributed by atoms with Gasteiger partial charge in [0.15, 0.2) is 8.32 Å². The first kappa shape index (κ1) is 23.2. The molecule has 0 N–H and O–H groups in total. The molecule has 1 heterocycles. The molecular weight excluding hydrogens is 346 g/mol. The summed E-state index contributed by atoms with van der Waals surface area (Å²) in [4.78, 5) is 26.0. The van der Waals surface area contributed by atoms with Gasteiger partial charge in [-0.05, 0) is 57.7 Å². The van der Waals surface area contributed by atoms with Gasteiger partial charge in [0.25, 0.3) is 0 Å². The maximum atomic E-state index is 12.4. The van der Waals surface area contributed by atoms with E-state index >= 15 is 0 Å². The zero-order valence-corrected chi connectivity index (χ0v) is 18.9. The van der Waals surface area contributed by atoms with Crippen molar-refractivity contribution in [2.45, 2.75) is 103 Å². The van der Waals surface area contributed by atoms with Crippen LogP contribution in [0, 0.1) is 0 Å². The highest BCUT2D eigenvalue weighted by atomic mass is 28.4. The Kier molecular flexibility index (Phi) is 8.80. The first-order valence-electron chi connectivity index (χ1n) is 10.1. The molecule has 0 aromatic carbocycles. The largest absolute Gasteiger partial charge is 0.463 e. The van der Waals surface area contributed by atoms with Crippen LogP contribution in [0.2, 0.25) is 18.1 Å². The number of nitrogens with zero attached hydrogens (tertiary/aromatic N) is 1. The van der Waals surface area contributed by atoms with Crippen LogP contribution in [0.25, 0.3) is 0 Å².